The van der Waals surface area contributed by atoms with Crippen molar-refractivity contribution >= 4 is 5.91 Å². The lowest BCUT2D eigenvalue weighted by Crippen LogP contribution is -2.62. The Morgan fingerprint density at radius 3 is 2.22 bits per heavy atom. The third-order valence-electron chi connectivity index (χ3n) is 5.96. The molecule has 5 nitrogen and oxygen atoms in total. The minimum atomic E-state index is 0.00681. The van der Waals surface area contributed by atoms with Crippen LogP contribution in [0.15, 0.2) is 0 Å². The summed E-state index contributed by atoms with van der Waals surface area (Å²) in [7, 11) is 2.19. The van der Waals surface area contributed by atoms with E-state index in [0.29, 0.717) is 11.8 Å². The van der Waals surface area contributed by atoms with Crippen molar-refractivity contribution in [3.63, 3.8) is 0 Å². The molecule has 0 bridgehead atoms. The minimum absolute atomic E-state index is 0.00681. The van der Waals surface area contributed by atoms with Crippen molar-refractivity contribution in [3.05, 3.63) is 0 Å². The summed E-state index contributed by atoms with van der Waals surface area (Å²) in [6.45, 7) is 11.2. The second-order valence-electron chi connectivity index (χ2n) is 7.99. The normalized spacial score (nSPS) is 27.0. The van der Waals surface area contributed by atoms with E-state index >= 15 is 0 Å². The number of nitrogens with zero attached hydrogens (tertiary/aromatic N) is 3. The Kier molecular flexibility index (Phi) is 5.60. The van der Waals surface area contributed by atoms with Gasteiger partial charge in [-0.2, -0.15) is 0 Å². The van der Waals surface area contributed by atoms with Crippen LogP contribution in [0.3, 0.4) is 0 Å². The summed E-state index contributed by atoms with van der Waals surface area (Å²) in [4.78, 5) is 19.9. The Labute approximate surface area is 141 Å². The van der Waals surface area contributed by atoms with Crippen LogP contribution in [0.4, 0.5) is 0 Å². The molecule has 3 aliphatic rings. The van der Waals surface area contributed by atoms with Gasteiger partial charge in [-0.3, -0.25) is 9.69 Å². The zero-order valence-electron chi connectivity index (χ0n) is 15.0. The van der Waals surface area contributed by atoms with Gasteiger partial charge in [-0.25, -0.2) is 0 Å². The lowest BCUT2D eigenvalue weighted by Gasteiger charge is -2.46. The fourth-order valence-electron chi connectivity index (χ4n) is 3.99. The van der Waals surface area contributed by atoms with E-state index in [1.54, 1.807) is 0 Å². The molecule has 5 heteroatoms. The molecule has 0 aromatic carbocycles. The molecular weight excluding hydrogens is 288 g/mol. The number of hydrogen-bond acceptors (Lipinski definition) is 4. The van der Waals surface area contributed by atoms with Crippen molar-refractivity contribution in [3.8, 4) is 0 Å². The Morgan fingerprint density at radius 2 is 1.65 bits per heavy atom. The number of carbonyl (C=O) groups excluding carboxylic acids is 1. The van der Waals surface area contributed by atoms with Gasteiger partial charge in [0.2, 0.25) is 5.91 Å². The zero-order valence-corrected chi connectivity index (χ0v) is 15.0. The Morgan fingerprint density at radius 1 is 1.04 bits per heavy atom. The molecule has 2 aliphatic heterocycles. The molecular formula is C18H34N4O. The predicted octanol–water partition coefficient (Wildman–Crippen LogP) is 1.00. The summed E-state index contributed by atoms with van der Waals surface area (Å²) in [5, 5.41) is 3.48. The molecule has 3 fully saturated rings. The smallest absolute Gasteiger partial charge is 0.220 e. The largest absolute Gasteiger partial charge is 0.349 e. The van der Waals surface area contributed by atoms with E-state index in [-0.39, 0.29) is 5.54 Å². The van der Waals surface area contributed by atoms with E-state index in [9.17, 15) is 4.79 Å². The van der Waals surface area contributed by atoms with E-state index in [1.807, 2.05) is 0 Å². The summed E-state index contributed by atoms with van der Waals surface area (Å²) in [6.07, 6.45) is 5.44. The molecule has 1 amide bonds. The van der Waals surface area contributed by atoms with Crippen LogP contribution in [0.25, 0.3) is 0 Å². The minimum Gasteiger partial charge on any atom is -0.349 e. The number of piperidine rings is 1. The zero-order chi connectivity index (χ0) is 16.3. The molecule has 132 valence electrons. The summed E-state index contributed by atoms with van der Waals surface area (Å²) in [5.74, 6) is 0.968. The van der Waals surface area contributed by atoms with Gasteiger partial charge in [-0.05, 0) is 45.2 Å². The molecule has 1 saturated carbocycles. The average molecular weight is 322 g/mol. The topological polar surface area (TPSA) is 38.8 Å². The molecule has 3 rings (SSSR count). The van der Waals surface area contributed by atoms with Crippen molar-refractivity contribution in [1.29, 1.82) is 0 Å². The lowest BCUT2D eigenvalue weighted by molar-refractivity contribution is -0.124. The van der Waals surface area contributed by atoms with E-state index in [2.05, 4.69) is 34.0 Å². The second kappa shape index (κ2) is 7.49. The number of rotatable bonds is 6. The van der Waals surface area contributed by atoms with Crippen molar-refractivity contribution in [1.82, 2.24) is 20.0 Å². The van der Waals surface area contributed by atoms with Crippen LogP contribution in [0, 0.1) is 5.92 Å². The number of amides is 1. The monoisotopic (exact) mass is 322 g/mol. The molecule has 1 aliphatic carbocycles. The van der Waals surface area contributed by atoms with Crippen LogP contribution in [-0.2, 0) is 4.79 Å². The van der Waals surface area contributed by atoms with Crippen molar-refractivity contribution in [2.24, 2.45) is 5.92 Å². The Bertz CT molecular complexity index is 394. The first-order valence-electron chi connectivity index (χ1n) is 9.53. The highest BCUT2D eigenvalue weighted by Crippen LogP contribution is 2.33. The highest BCUT2D eigenvalue weighted by atomic mass is 16.1. The standard InChI is InChI=1S/C18H34N4O/c1-3-21-10-12-22(13-11-21)15-18(6-8-20(2)9-7-18)19-17(23)14-16-4-5-16/h16H,3-15H2,1-2H3,(H,19,23). The molecule has 0 aromatic rings. The number of likely N-dealkylation sites (tertiary alicyclic amines) is 1. The molecule has 0 atom stereocenters. The van der Waals surface area contributed by atoms with Gasteiger partial charge in [-0.1, -0.05) is 6.92 Å². The summed E-state index contributed by atoms with van der Waals surface area (Å²) in [5.41, 5.74) is 0.00681. The average Bonchev–Trinajstić information content (AvgIpc) is 3.35. The molecule has 2 saturated heterocycles. The van der Waals surface area contributed by atoms with Crippen molar-refractivity contribution in [2.45, 2.75) is 44.6 Å². The van der Waals surface area contributed by atoms with Gasteiger partial charge in [0.15, 0.2) is 0 Å². The summed E-state index contributed by atoms with van der Waals surface area (Å²) >= 11 is 0. The van der Waals surface area contributed by atoms with E-state index in [0.717, 1.165) is 58.5 Å². The number of carbonyl (C=O) groups is 1. The highest BCUT2D eigenvalue weighted by molar-refractivity contribution is 5.77. The van der Waals surface area contributed by atoms with Gasteiger partial charge >= 0.3 is 0 Å². The second-order valence-corrected chi connectivity index (χ2v) is 7.99. The number of hydrogen-bond donors (Lipinski definition) is 1. The molecule has 1 N–H and O–H groups in total. The van der Waals surface area contributed by atoms with Crippen molar-refractivity contribution in [2.75, 3.05) is 59.4 Å². The van der Waals surface area contributed by atoms with Gasteiger partial charge in [-0.15, -0.1) is 0 Å². The molecule has 0 aromatic heterocycles. The predicted molar refractivity (Wildman–Crippen MR) is 93.5 cm³/mol. The first-order valence-corrected chi connectivity index (χ1v) is 9.53. The maximum absolute atomic E-state index is 12.4. The first-order chi connectivity index (χ1) is 11.1. The van der Waals surface area contributed by atoms with Gasteiger partial charge in [0, 0.05) is 52.2 Å². The van der Waals surface area contributed by atoms with Crippen LogP contribution >= 0.6 is 0 Å². The number of nitrogens with one attached hydrogen (secondary N) is 1. The SMILES string of the molecule is CCN1CCN(CC2(NC(=O)CC3CC3)CCN(C)CC2)CC1. The van der Waals surface area contributed by atoms with Gasteiger partial charge in [0.1, 0.15) is 0 Å². The maximum Gasteiger partial charge on any atom is 0.220 e. The molecule has 0 unspecified atom stereocenters. The van der Waals surface area contributed by atoms with Crippen LogP contribution in [0.5, 0.6) is 0 Å². The fourth-order valence-corrected chi connectivity index (χ4v) is 3.99. The molecule has 2 heterocycles. The van der Waals surface area contributed by atoms with Crippen LogP contribution < -0.4 is 5.32 Å². The van der Waals surface area contributed by atoms with Crippen LogP contribution in [-0.4, -0.2) is 85.6 Å². The maximum atomic E-state index is 12.4. The summed E-state index contributed by atoms with van der Waals surface area (Å²) < 4.78 is 0. The van der Waals surface area contributed by atoms with Gasteiger partial charge < -0.3 is 15.1 Å². The first kappa shape index (κ1) is 17.2. The third-order valence-corrected chi connectivity index (χ3v) is 5.96. The van der Waals surface area contributed by atoms with Gasteiger partial charge in [0.05, 0.1) is 5.54 Å². The Balaban J connectivity index is 1.57. The van der Waals surface area contributed by atoms with Crippen LogP contribution in [0.1, 0.15) is 39.0 Å². The third kappa shape index (κ3) is 4.91. The van der Waals surface area contributed by atoms with E-state index < -0.39 is 0 Å². The fraction of sp³-hybridized carbons (Fsp3) is 0.944. The molecule has 0 radical (unpaired) electrons. The highest BCUT2D eigenvalue weighted by Gasteiger charge is 2.38. The summed E-state index contributed by atoms with van der Waals surface area (Å²) in [6, 6.07) is 0. The Hall–Kier alpha value is -0.650. The van der Waals surface area contributed by atoms with Crippen molar-refractivity contribution < 1.29 is 4.79 Å². The lowest BCUT2D eigenvalue weighted by atomic mass is 9.86. The van der Waals surface area contributed by atoms with Gasteiger partial charge in [0.25, 0.3) is 0 Å². The number of piperazine rings is 1. The molecule has 0 spiro atoms. The quantitative estimate of drug-likeness (QED) is 0.792. The van der Waals surface area contributed by atoms with Crippen LogP contribution in [0.2, 0.25) is 0 Å². The van der Waals surface area contributed by atoms with E-state index in [4.69, 9.17) is 0 Å². The molecule has 23 heavy (non-hydrogen) atoms. The number of likely N-dealkylation sites (N-methyl/N-ethyl adjacent to an activating group) is 1. The van der Waals surface area contributed by atoms with E-state index in [1.165, 1.54) is 25.9 Å².